The monoisotopic (exact) mass is 257 g/mol. The van der Waals surface area contributed by atoms with Crippen LogP contribution in [0.15, 0.2) is 23.4 Å². The molecular weight excluding hydrogens is 242 g/mol. The van der Waals surface area contributed by atoms with Gasteiger partial charge in [0.2, 0.25) is 5.95 Å². The first-order valence-electron chi connectivity index (χ1n) is 6.32. The fourth-order valence-electron chi connectivity index (χ4n) is 2.36. The zero-order valence-corrected chi connectivity index (χ0v) is 10.9. The van der Waals surface area contributed by atoms with Crippen molar-refractivity contribution < 1.29 is 0 Å². The summed E-state index contributed by atoms with van der Waals surface area (Å²) in [6.07, 6.45) is 4.04. The van der Waals surface area contributed by atoms with Crippen LogP contribution in [-0.2, 0) is 0 Å². The number of aromatic nitrogens is 4. The van der Waals surface area contributed by atoms with Crippen molar-refractivity contribution in [3.63, 3.8) is 0 Å². The van der Waals surface area contributed by atoms with Crippen LogP contribution in [0.4, 0.5) is 5.95 Å². The van der Waals surface area contributed by atoms with Crippen LogP contribution in [0, 0.1) is 6.92 Å². The molecule has 6 nitrogen and oxygen atoms in total. The van der Waals surface area contributed by atoms with Gasteiger partial charge in [-0.2, -0.15) is 0 Å². The predicted molar refractivity (Wildman–Crippen MR) is 72.1 cm³/mol. The molecule has 3 heterocycles. The van der Waals surface area contributed by atoms with E-state index in [1.54, 1.807) is 23.8 Å². The zero-order valence-electron chi connectivity index (χ0n) is 10.9. The number of nitrogens with zero attached hydrogens (tertiary/aromatic N) is 4. The van der Waals surface area contributed by atoms with Gasteiger partial charge in [0.15, 0.2) is 0 Å². The average molecular weight is 257 g/mol. The second-order valence-corrected chi connectivity index (χ2v) is 4.74. The maximum absolute atomic E-state index is 12.5. The number of nitrogens with one attached hydrogen (secondary N) is 1. The Balaban J connectivity index is 2.24. The summed E-state index contributed by atoms with van der Waals surface area (Å²) in [6.45, 7) is 4.67. The molecule has 98 valence electrons. The quantitative estimate of drug-likeness (QED) is 0.835. The maximum Gasteiger partial charge on any atom is 0.258 e. The molecular formula is C13H15N5O. The maximum atomic E-state index is 12.5. The third-order valence-electron chi connectivity index (χ3n) is 3.45. The van der Waals surface area contributed by atoms with Crippen LogP contribution in [0.1, 0.15) is 24.9 Å². The van der Waals surface area contributed by atoms with E-state index >= 15 is 0 Å². The molecule has 19 heavy (non-hydrogen) atoms. The Morgan fingerprint density at radius 1 is 1.47 bits per heavy atom. The second-order valence-electron chi connectivity index (χ2n) is 4.74. The Labute approximate surface area is 110 Å². The molecule has 1 atom stereocenters. The number of anilines is 1. The molecule has 1 aliphatic rings. The van der Waals surface area contributed by atoms with E-state index < -0.39 is 0 Å². The molecule has 0 aromatic carbocycles. The van der Waals surface area contributed by atoms with Crippen molar-refractivity contribution in [2.24, 2.45) is 0 Å². The van der Waals surface area contributed by atoms with E-state index in [4.69, 9.17) is 0 Å². The molecule has 1 N–H and O–H groups in total. The predicted octanol–water partition coefficient (Wildman–Crippen LogP) is 1.39. The molecule has 1 unspecified atom stereocenters. The average Bonchev–Trinajstić information content (AvgIpc) is 2.43. The largest absolute Gasteiger partial charge is 0.355 e. The molecule has 0 bridgehead atoms. The molecule has 2 aromatic heterocycles. The zero-order chi connectivity index (χ0) is 13.4. The van der Waals surface area contributed by atoms with Crippen molar-refractivity contribution in [1.82, 2.24) is 19.5 Å². The highest BCUT2D eigenvalue weighted by atomic mass is 16.1. The van der Waals surface area contributed by atoms with Crippen molar-refractivity contribution in [3.05, 3.63) is 34.5 Å². The van der Waals surface area contributed by atoms with Gasteiger partial charge in [0.05, 0.1) is 5.69 Å². The fraction of sp³-hybridized carbons (Fsp3) is 0.385. The Kier molecular flexibility index (Phi) is 2.77. The Morgan fingerprint density at radius 3 is 3.05 bits per heavy atom. The molecule has 0 saturated heterocycles. The Morgan fingerprint density at radius 2 is 2.32 bits per heavy atom. The molecule has 0 aliphatic carbocycles. The van der Waals surface area contributed by atoms with Crippen molar-refractivity contribution in [2.45, 2.75) is 26.3 Å². The minimum Gasteiger partial charge on any atom is -0.355 e. The minimum atomic E-state index is -0.00156. The van der Waals surface area contributed by atoms with Crippen molar-refractivity contribution in [3.8, 4) is 11.4 Å². The summed E-state index contributed by atoms with van der Waals surface area (Å²) in [5.74, 6) is 0.628. The van der Waals surface area contributed by atoms with Crippen LogP contribution < -0.4 is 10.9 Å². The van der Waals surface area contributed by atoms with E-state index in [2.05, 4.69) is 20.3 Å². The van der Waals surface area contributed by atoms with Gasteiger partial charge in [0, 0.05) is 24.3 Å². The lowest BCUT2D eigenvalue weighted by Gasteiger charge is -2.26. The van der Waals surface area contributed by atoms with E-state index in [0.29, 0.717) is 22.9 Å². The van der Waals surface area contributed by atoms with Crippen molar-refractivity contribution in [2.75, 3.05) is 11.9 Å². The van der Waals surface area contributed by atoms with Crippen molar-refractivity contribution >= 4 is 5.95 Å². The standard InChI is InChI=1S/C13H15N5O/c1-8-3-6-15-13-17-11(9(2)12(19)18(8)13)10-4-5-14-7-16-10/h4-5,7-8H,3,6H2,1-2H3,(H,15,17). The van der Waals surface area contributed by atoms with Gasteiger partial charge >= 0.3 is 0 Å². The van der Waals surface area contributed by atoms with Gasteiger partial charge in [-0.05, 0) is 26.3 Å². The van der Waals surface area contributed by atoms with Gasteiger partial charge in [0.1, 0.15) is 12.0 Å². The normalized spacial score (nSPS) is 17.7. The highest BCUT2D eigenvalue weighted by Gasteiger charge is 2.21. The van der Waals surface area contributed by atoms with Gasteiger partial charge in [0.25, 0.3) is 5.56 Å². The molecule has 6 heteroatoms. The topological polar surface area (TPSA) is 72.7 Å². The first kappa shape index (κ1) is 11.8. The Bertz CT molecular complexity index is 665. The van der Waals surface area contributed by atoms with E-state index in [1.807, 2.05) is 6.92 Å². The summed E-state index contributed by atoms with van der Waals surface area (Å²) in [6, 6.07) is 1.94. The van der Waals surface area contributed by atoms with Gasteiger partial charge < -0.3 is 5.32 Å². The summed E-state index contributed by atoms with van der Waals surface area (Å²) >= 11 is 0. The SMILES string of the molecule is Cc1c(-c2ccncn2)nc2n(c1=O)C(C)CCN2. The summed E-state index contributed by atoms with van der Waals surface area (Å²) < 4.78 is 1.73. The van der Waals surface area contributed by atoms with Gasteiger partial charge in [-0.25, -0.2) is 15.0 Å². The van der Waals surface area contributed by atoms with Gasteiger partial charge in [-0.1, -0.05) is 0 Å². The molecule has 1 aliphatic heterocycles. The summed E-state index contributed by atoms with van der Waals surface area (Å²) in [5.41, 5.74) is 1.92. The van der Waals surface area contributed by atoms with Crippen LogP contribution in [0.2, 0.25) is 0 Å². The van der Waals surface area contributed by atoms with Gasteiger partial charge in [-0.3, -0.25) is 9.36 Å². The van der Waals surface area contributed by atoms with Crippen LogP contribution >= 0.6 is 0 Å². The lowest BCUT2D eigenvalue weighted by atomic mass is 10.1. The van der Waals surface area contributed by atoms with E-state index in [0.717, 1.165) is 13.0 Å². The lowest BCUT2D eigenvalue weighted by molar-refractivity contribution is 0.475. The smallest absolute Gasteiger partial charge is 0.258 e. The molecule has 0 spiro atoms. The van der Waals surface area contributed by atoms with E-state index in [-0.39, 0.29) is 11.6 Å². The molecule has 3 rings (SSSR count). The Hall–Kier alpha value is -2.24. The van der Waals surface area contributed by atoms with Crippen LogP contribution in [0.25, 0.3) is 11.4 Å². The fourth-order valence-corrected chi connectivity index (χ4v) is 2.36. The molecule has 2 aromatic rings. The van der Waals surface area contributed by atoms with E-state index in [9.17, 15) is 4.79 Å². The number of fused-ring (bicyclic) bond motifs is 1. The van der Waals surface area contributed by atoms with Gasteiger partial charge in [-0.15, -0.1) is 0 Å². The molecule has 0 fully saturated rings. The first-order valence-corrected chi connectivity index (χ1v) is 6.32. The number of rotatable bonds is 1. The van der Waals surface area contributed by atoms with E-state index in [1.165, 1.54) is 6.33 Å². The summed E-state index contributed by atoms with van der Waals surface area (Å²) in [7, 11) is 0. The van der Waals surface area contributed by atoms with Crippen LogP contribution in [0.5, 0.6) is 0 Å². The summed E-state index contributed by atoms with van der Waals surface area (Å²) in [4.78, 5) is 25.1. The second kappa shape index (κ2) is 4.46. The van der Waals surface area contributed by atoms with Crippen molar-refractivity contribution in [1.29, 1.82) is 0 Å². The first-order chi connectivity index (χ1) is 9.18. The highest BCUT2D eigenvalue weighted by molar-refractivity contribution is 5.59. The third kappa shape index (κ3) is 1.89. The molecule has 0 amide bonds. The third-order valence-corrected chi connectivity index (χ3v) is 3.45. The molecule has 0 saturated carbocycles. The van der Waals surface area contributed by atoms with Crippen LogP contribution in [-0.4, -0.2) is 26.1 Å². The minimum absolute atomic E-state index is 0.00156. The molecule has 0 radical (unpaired) electrons. The van der Waals surface area contributed by atoms with Crippen LogP contribution in [0.3, 0.4) is 0 Å². The number of hydrogen-bond acceptors (Lipinski definition) is 5. The summed E-state index contributed by atoms with van der Waals surface area (Å²) in [5, 5.41) is 3.18. The lowest BCUT2D eigenvalue weighted by Crippen LogP contribution is -2.34. The number of hydrogen-bond donors (Lipinski definition) is 1. The highest BCUT2D eigenvalue weighted by Crippen LogP contribution is 2.23.